The fourth-order valence-electron chi connectivity index (χ4n) is 3.44. The summed E-state index contributed by atoms with van der Waals surface area (Å²) >= 11 is 6.01. The van der Waals surface area contributed by atoms with E-state index < -0.39 is 16.1 Å². The van der Waals surface area contributed by atoms with Crippen LogP contribution in [-0.4, -0.2) is 38.8 Å². The second kappa shape index (κ2) is 9.02. The predicted octanol–water partition coefficient (Wildman–Crippen LogP) is 4.25. The van der Waals surface area contributed by atoms with Crippen LogP contribution in [-0.2, 0) is 10.0 Å². The van der Waals surface area contributed by atoms with Crippen molar-refractivity contribution in [1.29, 1.82) is 0 Å². The number of hydrogen-bond acceptors (Lipinski definition) is 5. The summed E-state index contributed by atoms with van der Waals surface area (Å²) in [4.78, 5) is 12.8. The molecular formula is C23H20ClN3O4S. The van der Waals surface area contributed by atoms with Crippen LogP contribution in [0.15, 0.2) is 88.9 Å². The van der Waals surface area contributed by atoms with E-state index in [4.69, 9.17) is 16.3 Å². The van der Waals surface area contributed by atoms with Crippen molar-refractivity contribution >= 4 is 33.4 Å². The van der Waals surface area contributed by atoms with E-state index in [1.54, 1.807) is 12.1 Å². The minimum atomic E-state index is -4.08. The number of nitrogens with zero attached hydrogens (tertiary/aromatic N) is 2. The standard InChI is InChI=1S/C23H20ClN3O4S/c1-31-19-11-13-20(14-12-19)32(29,30)26-23(28)27-15-21(16-5-3-2-4-6-16)22(25-27)17-7-9-18(24)10-8-17/h2-14,21H,15H2,1H3,(H,26,28). The largest absolute Gasteiger partial charge is 0.497 e. The molecule has 2 amide bonds. The minimum absolute atomic E-state index is 0.0487. The molecule has 0 saturated heterocycles. The molecule has 1 heterocycles. The first-order chi connectivity index (χ1) is 15.4. The molecule has 0 bridgehead atoms. The molecule has 164 valence electrons. The molecule has 1 atom stereocenters. The lowest BCUT2D eigenvalue weighted by Gasteiger charge is -2.16. The van der Waals surface area contributed by atoms with Crippen molar-refractivity contribution in [1.82, 2.24) is 9.73 Å². The summed E-state index contributed by atoms with van der Waals surface area (Å²) in [5, 5.41) is 6.19. The Kier molecular flexibility index (Phi) is 6.16. The van der Waals surface area contributed by atoms with Crippen LogP contribution < -0.4 is 9.46 Å². The maximum Gasteiger partial charge on any atom is 0.351 e. The number of hydrazone groups is 1. The SMILES string of the molecule is COc1ccc(S(=O)(=O)NC(=O)N2CC(c3ccccc3)C(c3ccc(Cl)cc3)=N2)cc1. The van der Waals surface area contributed by atoms with Crippen LogP contribution >= 0.6 is 11.6 Å². The van der Waals surface area contributed by atoms with Gasteiger partial charge >= 0.3 is 6.03 Å². The van der Waals surface area contributed by atoms with Gasteiger partial charge in [0.1, 0.15) is 5.75 Å². The van der Waals surface area contributed by atoms with Crippen molar-refractivity contribution in [2.75, 3.05) is 13.7 Å². The van der Waals surface area contributed by atoms with Gasteiger partial charge in [0.05, 0.1) is 24.3 Å². The van der Waals surface area contributed by atoms with Crippen LogP contribution in [0.1, 0.15) is 17.0 Å². The maximum atomic E-state index is 12.8. The molecular weight excluding hydrogens is 450 g/mol. The highest BCUT2D eigenvalue weighted by Crippen LogP contribution is 2.29. The number of halogens is 1. The van der Waals surface area contributed by atoms with E-state index in [1.807, 2.05) is 42.5 Å². The molecule has 3 aromatic carbocycles. The Labute approximate surface area is 191 Å². The van der Waals surface area contributed by atoms with Gasteiger partial charge in [-0.1, -0.05) is 54.1 Å². The number of rotatable bonds is 5. The number of methoxy groups -OCH3 is 1. The summed E-state index contributed by atoms with van der Waals surface area (Å²) in [6.07, 6.45) is 0. The van der Waals surface area contributed by atoms with Gasteiger partial charge < -0.3 is 4.74 Å². The van der Waals surface area contributed by atoms with E-state index in [-0.39, 0.29) is 17.4 Å². The third-order valence-electron chi connectivity index (χ3n) is 5.08. The molecule has 0 radical (unpaired) electrons. The quantitative estimate of drug-likeness (QED) is 0.605. The van der Waals surface area contributed by atoms with Crippen molar-refractivity contribution in [3.63, 3.8) is 0 Å². The molecule has 4 rings (SSSR count). The van der Waals surface area contributed by atoms with Crippen molar-refractivity contribution in [2.24, 2.45) is 5.10 Å². The van der Waals surface area contributed by atoms with Crippen molar-refractivity contribution in [3.05, 3.63) is 95.0 Å². The van der Waals surface area contributed by atoms with Crippen LogP contribution in [0.2, 0.25) is 5.02 Å². The monoisotopic (exact) mass is 469 g/mol. The van der Waals surface area contributed by atoms with Gasteiger partial charge in [0.25, 0.3) is 10.0 Å². The van der Waals surface area contributed by atoms with Crippen molar-refractivity contribution in [2.45, 2.75) is 10.8 Å². The van der Waals surface area contributed by atoms with Crippen LogP contribution in [0.5, 0.6) is 5.75 Å². The molecule has 1 aliphatic rings. The number of carbonyl (C=O) groups excluding carboxylic acids is 1. The van der Waals surface area contributed by atoms with Crippen LogP contribution in [0.3, 0.4) is 0 Å². The van der Waals surface area contributed by atoms with E-state index in [1.165, 1.54) is 31.4 Å². The van der Waals surface area contributed by atoms with E-state index >= 15 is 0 Å². The zero-order valence-corrected chi connectivity index (χ0v) is 18.7. The molecule has 3 aromatic rings. The summed E-state index contributed by atoms with van der Waals surface area (Å²) in [5.41, 5.74) is 2.43. The number of urea groups is 1. The highest BCUT2D eigenvalue weighted by atomic mass is 35.5. The van der Waals surface area contributed by atoms with Gasteiger partial charge in [-0.15, -0.1) is 0 Å². The zero-order valence-electron chi connectivity index (χ0n) is 17.1. The Balaban J connectivity index is 1.61. The number of ether oxygens (including phenoxy) is 1. The maximum absolute atomic E-state index is 12.8. The van der Waals surface area contributed by atoms with Crippen molar-refractivity contribution in [3.8, 4) is 5.75 Å². The van der Waals surface area contributed by atoms with Crippen LogP contribution in [0.4, 0.5) is 4.79 Å². The molecule has 1 unspecified atom stereocenters. The van der Waals surface area contributed by atoms with Crippen molar-refractivity contribution < 1.29 is 17.9 Å². The molecule has 0 aliphatic carbocycles. The molecule has 0 spiro atoms. The average molecular weight is 470 g/mol. The Hall–Kier alpha value is -3.36. The van der Waals surface area contributed by atoms with E-state index in [0.717, 1.165) is 16.1 Å². The molecule has 0 aromatic heterocycles. The van der Waals surface area contributed by atoms with Gasteiger partial charge in [-0.3, -0.25) is 0 Å². The van der Waals surface area contributed by atoms with Gasteiger partial charge in [-0.2, -0.15) is 5.10 Å². The van der Waals surface area contributed by atoms with Crippen LogP contribution in [0.25, 0.3) is 0 Å². The summed E-state index contributed by atoms with van der Waals surface area (Å²) in [6, 6.07) is 21.7. The van der Waals surface area contributed by atoms with E-state index in [2.05, 4.69) is 9.82 Å². The number of carbonyl (C=O) groups is 1. The third-order valence-corrected chi connectivity index (χ3v) is 6.67. The molecule has 1 aliphatic heterocycles. The lowest BCUT2D eigenvalue weighted by atomic mass is 9.91. The average Bonchev–Trinajstić information content (AvgIpc) is 3.26. The van der Waals surface area contributed by atoms with E-state index in [9.17, 15) is 13.2 Å². The number of amides is 2. The number of hydrogen-bond donors (Lipinski definition) is 1. The fraction of sp³-hybridized carbons (Fsp3) is 0.130. The number of benzene rings is 3. The summed E-state index contributed by atoms with van der Waals surface area (Å²) in [7, 11) is -2.59. The Morgan fingerprint density at radius 3 is 2.31 bits per heavy atom. The first-order valence-electron chi connectivity index (χ1n) is 9.75. The second-order valence-electron chi connectivity index (χ2n) is 7.12. The molecule has 0 fully saturated rings. The first-order valence-corrected chi connectivity index (χ1v) is 11.6. The normalized spacial score (nSPS) is 15.9. The zero-order chi connectivity index (χ0) is 22.7. The fourth-order valence-corrected chi connectivity index (χ4v) is 4.51. The van der Waals surface area contributed by atoms with Crippen LogP contribution in [0, 0.1) is 0 Å². The molecule has 9 heteroatoms. The minimum Gasteiger partial charge on any atom is -0.497 e. The summed E-state index contributed by atoms with van der Waals surface area (Å²) in [5.74, 6) is 0.296. The highest BCUT2D eigenvalue weighted by molar-refractivity contribution is 7.90. The Morgan fingerprint density at radius 1 is 1.03 bits per heavy atom. The van der Waals surface area contributed by atoms with Gasteiger partial charge in [0.15, 0.2) is 0 Å². The second-order valence-corrected chi connectivity index (χ2v) is 9.24. The number of nitrogens with one attached hydrogen (secondary N) is 1. The summed E-state index contributed by atoms with van der Waals surface area (Å²) in [6.45, 7) is 0.200. The van der Waals surface area contributed by atoms with Gasteiger partial charge in [0, 0.05) is 10.9 Å². The summed E-state index contributed by atoms with van der Waals surface area (Å²) < 4.78 is 32.5. The predicted molar refractivity (Wildman–Crippen MR) is 123 cm³/mol. The van der Waals surface area contributed by atoms with Gasteiger partial charge in [-0.05, 0) is 47.5 Å². The lowest BCUT2D eigenvalue weighted by Crippen LogP contribution is -2.39. The molecule has 7 nitrogen and oxygen atoms in total. The number of sulfonamides is 1. The lowest BCUT2D eigenvalue weighted by molar-refractivity contribution is 0.210. The molecule has 1 N–H and O–H groups in total. The highest BCUT2D eigenvalue weighted by Gasteiger charge is 2.33. The third kappa shape index (κ3) is 4.61. The first kappa shape index (κ1) is 21.9. The Bertz CT molecular complexity index is 1240. The molecule has 32 heavy (non-hydrogen) atoms. The topological polar surface area (TPSA) is 88.1 Å². The van der Waals surface area contributed by atoms with Gasteiger partial charge in [0.2, 0.25) is 0 Å². The molecule has 0 saturated carbocycles. The van der Waals surface area contributed by atoms with E-state index in [0.29, 0.717) is 16.5 Å². The Morgan fingerprint density at radius 2 is 1.69 bits per heavy atom. The van der Waals surface area contributed by atoms with Gasteiger partial charge in [-0.25, -0.2) is 22.9 Å². The smallest absolute Gasteiger partial charge is 0.351 e.